The number of nitrogens with zero attached hydrogens (tertiary/aromatic N) is 3. The maximum atomic E-state index is 11.6. The quantitative estimate of drug-likeness (QED) is 0.609. The summed E-state index contributed by atoms with van der Waals surface area (Å²) in [6.45, 7) is 5.85. The van der Waals surface area contributed by atoms with Gasteiger partial charge in [0.2, 0.25) is 0 Å². The largest absolute Gasteiger partial charge is 0.490 e. The third kappa shape index (κ3) is 5.81. The van der Waals surface area contributed by atoms with Gasteiger partial charge in [0.25, 0.3) is 0 Å². The monoisotopic (exact) mass is 463 g/mol. The number of hydrogen-bond acceptors (Lipinski definition) is 8. The molecule has 0 spiro atoms. The summed E-state index contributed by atoms with van der Waals surface area (Å²) in [7, 11) is -3.18. The number of piperidine rings is 1. The molecule has 2 heterocycles. The number of benzene rings is 1. The smallest absolute Gasteiger partial charge is 0.324 e. The van der Waals surface area contributed by atoms with Gasteiger partial charge >= 0.3 is 6.01 Å². The highest BCUT2D eigenvalue weighted by Crippen LogP contribution is 2.29. The molecule has 2 aromatic rings. The number of rotatable bonds is 7. The molecule has 8 nitrogen and oxygen atoms in total. The first-order valence-electron chi connectivity index (χ1n) is 11.5. The van der Waals surface area contributed by atoms with Crippen LogP contribution in [0.3, 0.4) is 0 Å². The standard InChI is InChI=1S/C23H33N3O5S/c1-16(2)22-24-23(31-25-22)26-14-12-20(13-15-26)30-18-6-4-17(5-7-18)29-19-8-10-21(11-9-19)32(3,27)28/h8-11,16-18,20H,4-7,12-15H2,1-3H3/t17-,18+. The summed E-state index contributed by atoms with van der Waals surface area (Å²) in [4.78, 5) is 6.96. The van der Waals surface area contributed by atoms with E-state index in [1.54, 1.807) is 24.3 Å². The molecule has 2 fully saturated rings. The van der Waals surface area contributed by atoms with E-state index in [2.05, 4.69) is 28.9 Å². The number of sulfone groups is 1. The van der Waals surface area contributed by atoms with E-state index in [1.165, 1.54) is 6.26 Å². The second-order valence-corrected chi connectivity index (χ2v) is 11.2. The van der Waals surface area contributed by atoms with Gasteiger partial charge in [0.15, 0.2) is 15.7 Å². The van der Waals surface area contributed by atoms with E-state index in [0.29, 0.717) is 10.9 Å². The Labute approximate surface area is 190 Å². The summed E-state index contributed by atoms with van der Waals surface area (Å²) in [5, 5.41) is 4.06. The van der Waals surface area contributed by atoms with Crippen molar-refractivity contribution in [1.82, 2.24) is 10.1 Å². The fourth-order valence-corrected chi connectivity index (χ4v) is 4.92. The van der Waals surface area contributed by atoms with Crippen molar-refractivity contribution in [3.63, 3.8) is 0 Å². The van der Waals surface area contributed by atoms with Crippen molar-refractivity contribution in [3.8, 4) is 5.75 Å². The minimum atomic E-state index is -3.18. The van der Waals surface area contributed by atoms with Gasteiger partial charge in [-0.3, -0.25) is 0 Å². The normalized spacial score (nSPS) is 22.9. The Morgan fingerprint density at radius 2 is 1.56 bits per heavy atom. The van der Waals surface area contributed by atoms with Crippen LogP contribution in [0.25, 0.3) is 0 Å². The zero-order chi connectivity index (χ0) is 22.7. The molecule has 0 radical (unpaired) electrons. The summed E-state index contributed by atoms with van der Waals surface area (Å²) in [6, 6.07) is 7.29. The van der Waals surface area contributed by atoms with Crippen LogP contribution in [0, 0.1) is 0 Å². The molecule has 0 amide bonds. The predicted octanol–water partition coefficient (Wildman–Crippen LogP) is 3.97. The van der Waals surface area contributed by atoms with Crippen LogP contribution in [0.4, 0.5) is 6.01 Å². The van der Waals surface area contributed by atoms with Gasteiger partial charge in [-0.15, -0.1) is 0 Å². The molecule has 1 saturated carbocycles. The summed E-state index contributed by atoms with van der Waals surface area (Å²) in [6.07, 6.45) is 7.66. The maximum Gasteiger partial charge on any atom is 0.324 e. The van der Waals surface area contributed by atoms with Crippen molar-refractivity contribution in [2.45, 2.75) is 81.5 Å². The molecule has 1 aromatic carbocycles. The van der Waals surface area contributed by atoms with E-state index in [9.17, 15) is 8.42 Å². The van der Waals surface area contributed by atoms with Crippen LogP contribution in [-0.2, 0) is 14.6 Å². The predicted molar refractivity (Wildman–Crippen MR) is 121 cm³/mol. The van der Waals surface area contributed by atoms with E-state index in [4.69, 9.17) is 14.0 Å². The zero-order valence-electron chi connectivity index (χ0n) is 19.1. The summed E-state index contributed by atoms with van der Waals surface area (Å²) in [5.41, 5.74) is 0. The van der Waals surface area contributed by atoms with Gasteiger partial charge in [0.05, 0.1) is 23.2 Å². The highest BCUT2D eigenvalue weighted by Gasteiger charge is 2.29. The number of ether oxygens (including phenoxy) is 2. The van der Waals surface area contributed by atoms with Gasteiger partial charge in [-0.1, -0.05) is 19.0 Å². The number of hydrogen-bond donors (Lipinski definition) is 0. The molecule has 1 aromatic heterocycles. The lowest BCUT2D eigenvalue weighted by Gasteiger charge is -2.35. The molecule has 32 heavy (non-hydrogen) atoms. The van der Waals surface area contributed by atoms with E-state index in [1.807, 2.05) is 0 Å². The summed E-state index contributed by atoms with van der Waals surface area (Å²) in [5.74, 6) is 1.74. The second-order valence-electron chi connectivity index (χ2n) is 9.17. The molecule has 4 rings (SSSR count). The lowest BCUT2D eigenvalue weighted by molar-refractivity contribution is -0.0530. The van der Waals surface area contributed by atoms with Crippen molar-refractivity contribution >= 4 is 15.9 Å². The first-order chi connectivity index (χ1) is 15.3. The van der Waals surface area contributed by atoms with Crippen LogP contribution in [0.2, 0.25) is 0 Å². The van der Waals surface area contributed by atoms with Gasteiger partial charge in [-0.2, -0.15) is 4.98 Å². The molecular weight excluding hydrogens is 430 g/mol. The SMILES string of the molecule is CC(C)c1noc(N2CCC(O[C@H]3CC[C@@H](Oc4ccc(S(C)(=O)=O)cc4)CC3)CC2)n1. The molecule has 0 unspecified atom stereocenters. The van der Waals surface area contributed by atoms with Gasteiger partial charge in [-0.05, 0) is 62.8 Å². The van der Waals surface area contributed by atoms with Crippen molar-refractivity contribution < 1.29 is 22.4 Å². The van der Waals surface area contributed by atoms with Crippen molar-refractivity contribution in [1.29, 1.82) is 0 Å². The Hall–Kier alpha value is -2.13. The minimum absolute atomic E-state index is 0.147. The van der Waals surface area contributed by atoms with Gasteiger partial charge in [0, 0.05) is 25.3 Å². The third-order valence-electron chi connectivity index (χ3n) is 6.22. The Morgan fingerprint density at radius 1 is 0.969 bits per heavy atom. The van der Waals surface area contributed by atoms with Crippen molar-refractivity contribution in [3.05, 3.63) is 30.1 Å². The van der Waals surface area contributed by atoms with E-state index in [-0.39, 0.29) is 24.2 Å². The first-order valence-corrected chi connectivity index (χ1v) is 13.4. The Kier molecular flexibility index (Phi) is 7.05. The molecule has 1 saturated heterocycles. The van der Waals surface area contributed by atoms with Gasteiger partial charge in [0.1, 0.15) is 5.75 Å². The molecule has 9 heteroatoms. The third-order valence-corrected chi connectivity index (χ3v) is 7.35. The van der Waals surface area contributed by atoms with E-state index in [0.717, 1.165) is 63.2 Å². The van der Waals surface area contributed by atoms with Gasteiger partial charge in [-0.25, -0.2) is 8.42 Å². The van der Waals surface area contributed by atoms with E-state index >= 15 is 0 Å². The lowest BCUT2D eigenvalue weighted by atomic mass is 9.94. The Bertz CT molecular complexity index is 973. The number of aromatic nitrogens is 2. The van der Waals surface area contributed by atoms with Crippen LogP contribution < -0.4 is 9.64 Å². The summed E-state index contributed by atoms with van der Waals surface area (Å²) < 4.78 is 41.0. The molecule has 1 aliphatic carbocycles. The Balaban J connectivity index is 1.18. The van der Waals surface area contributed by atoms with Crippen molar-refractivity contribution in [2.75, 3.05) is 24.2 Å². The molecule has 0 bridgehead atoms. The fraction of sp³-hybridized carbons (Fsp3) is 0.652. The molecule has 0 N–H and O–H groups in total. The zero-order valence-corrected chi connectivity index (χ0v) is 19.9. The first kappa shape index (κ1) is 23.0. The lowest BCUT2D eigenvalue weighted by Crippen LogP contribution is -2.39. The topological polar surface area (TPSA) is 94.8 Å². The van der Waals surface area contributed by atoms with Crippen LogP contribution in [0.5, 0.6) is 5.75 Å². The average molecular weight is 464 g/mol. The minimum Gasteiger partial charge on any atom is -0.490 e. The second kappa shape index (κ2) is 9.79. The molecule has 1 aliphatic heterocycles. The number of anilines is 1. The molecule has 176 valence electrons. The van der Waals surface area contributed by atoms with Crippen LogP contribution in [-0.4, -0.2) is 56.2 Å². The van der Waals surface area contributed by atoms with Gasteiger partial charge < -0.3 is 18.9 Å². The molecule has 2 aliphatic rings. The maximum absolute atomic E-state index is 11.6. The van der Waals surface area contributed by atoms with Crippen LogP contribution in [0.1, 0.15) is 64.1 Å². The van der Waals surface area contributed by atoms with Crippen molar-refractivity contribution in [2.24, 2.45) is 0 Å². The molecular formula is C23H33N3O5S. The highest BCUT2D eigenvalue weighted by molar-refractivity contribution is 7.90. The fourth-order valence-electron chi connectivity index (χ4n) is 4.29. The Morgan fingerprint density at radius 3 is 2.12 bits per heavy atom. The van der Waals surface area contributed by atoms with Crippen LogP contribution in [0.15, 0.2) is 33.7 Å². The summed E-state index contributed by atoms with van der Waals surface area (Å²) >= 11 is 0. The van der Waals surface area contributed by atoms with Crippen LogP contribution >= 0.6 is 0 Å². The molecule has 0 atom stereocenters. The highest BCUT2D eigenvalue weighted by atomic mass is 32.2. The average Bonchev–Trinajstić information content (AvgIpc) is 3.26. The van der Waals surface area contributed by atoms with E-state index < -0.39 is 9.84 Å².